The maximum Gasteiger partial charge on any atom is 0.326 e. The molecule has 1 aromatic carbocycles. The van der Waals surface area contributed by atoms with Crippen LogP contribution in [-0.4, -0.2) is 34.5 Å². The van der Waals surface area contributed by atoms with Crippen molar-refractivity contribution in [3.8, 4) is 0 Å². The van der Waals surface area contributed by atoms with Crippen LogP contribution in [0.15, 0.2) is 28.9 Å². The second kappa shape index (κ2) is 5.24. The molecule has 2 aromatic rings. The topological polar surface area (TPSA) is 70.8 Å². The third-order valence-corrected chi connectivity index (χ3v) is 4.01. The first-order valence-electron chi connectivity index (χ1n) is 7.05. The number of hydrogen-bond acceptors (Lipinski definition) is 3. The monoisotopic (exact) mass is 287 g/mol. The number of hydrogen-bond donors (Lipinski definition) is 1. The van der Waals surface area contributed by atoms with Crippen molar-refractivity contribution in [1.82, 2.24) is 4.90 Å². The molecule has 5 nitrogen and oxygen atoms in total. The zero-order valence-corrected chi connectivity index (χ0v) is 11.8. The highest BCUT2D eigenvalue weighted by Crippen LogP contribution is 2.25. The molecule has 110 valence electrons. The van der Waals surface area contributed by atoms with Crippen LogP contribution in [0.4, 0.5) is 0 Å². The average molecular weight is 287 g/mol. The Bertz CT molecular complexity index is 703. The molecule has 1 saturated heterocycles. The van der Waals surface area contributed by atoms with E-state index in [9.17, 15) is 9.59 Å². The van der Waals surface area contributed by atoms with Crippen molar-refractivity contribution in [2.24, 2.45) is 0 Å². The Morgan fingerprint density at radius 1 is 1.43 bits per heavy atom. The summed E-state index contributed by atoms with van der Waals surface area (Å²) in [5.74, 6) is -1.07. The van der Waals surface area contributed by atoms with E-state index in [1.54, 1.807) is 6.26 Å². The maximum atomic E-state index is 12.4. The molecule has 0 bridgehead atoms. The lowest BCUT2D eigenvalue weighted by Gasteiger charge is -2.21. The number of amides is 1. The largest absolute Gasteiger partial charge is 0.480 e. The number of aliphatic carboxylic acids is 1. The van der Waals surface area contributed by atoms with E-state index in [0.717, 1.165) is 28.5 Å². The van der Waals surface area contributed by atoms with Crippen LogP contribution in [0.3, 0.4) is 0 Å². The number of fused-ring (bicyclic) bond motifs is 1. The zero-order valence-electron chi connectivity index (χ0n) is 11.8. The molecule has 1 atom stereocenters. The van der Waals surface area contributed by atoms with Crippen LogP contribution < -0.4 is 0 Å². The van der Waals surface area contributed by atoms with Crippen LogP contribution in [0.1, 0.15) is 24.0 Å². The Hall–Kier alpha value is -2.30. The smallest absolute Gasteiger partial charge is 0.326 e. The van der Waals surface area contributed by atoms with E-state index in [4.69, 9.17) is 9.52 Å². The van der Waals surface area contributed by atoms with Crippen molar-refractivity contribution < 1.29 is 19.1 Å². The number of carbonyl (C=O) groups is 2. The van der Waals surface area contributed by atoms with Crippen LogP contribution in [0.25, 0.3) is 11.0 Å². The molecule has 0 saturated carbocycles. The van der Waals surface area contributed by atoms with E-state index >= 15 is 0 Å². The first kappa shape index (κ1) is 13.7. The predicted molar refractivity (Wildman–Crippen MR) is 77.0 cm³/mol. The molecular formula is C16H17NO4. The number of carboxylic acids is 1. The van der Waals surface area contributed by atoms with Gasteiger partial charge >= 0.3 is 5.97 Å². The lowest BCUT2D eigenvalue weighted by Crippen LogP contribution is -2.41. The van der Waals surface area contributed by atoms with Crippen LogP contribution in [-0.2, 0) is 16.0 Å². The van der Waals surface area contributed by atoms with Gasteiger partial charge in [0.05, 0.1) is 12.7 Å². The molecule has 5 heteroatoms. The van der Waals surface area contributed by atoms with Crippen LogP contribution in [0, 0.1) is 6.92 Å². The summed E-state index contributed by atoms with van der Waals surface area (Å²) in [6.07, 6.45) is 3.05. The van der Waals surface area contributed by atoms with Gasteiger partial charge in [0.25, 0.3) is 0 Å². The highest BCUT2D eigenvalue weighted by Gasteiger charge is 2.33. The summed E-state index contributed by atoms with van der Waals surface area (Å²) in [5.41, 5.74) is 2.66. The second-order valence-electron chi connectivity index (χ2n) is 5.52. The van der Waals surface area contributed by atoms with Gasteiger partial charge in [-0.1, -0.05) is 11.6 Å². The minimum Gasteiger partial charge on any atom is -0.480 e. The molecule has 0 aliphatic carbocycles. The third kappa shape index (κ3) is 2.51. The zero-order chi connectivity index (χ0) is 15.0. The molecule has 2 heterocycles. The summed E-state index contributed by atoms with van der Waals surface area (Å²) in [7, 11) is 0. The van der Waals surface area contributed by atoms with Crippen molar-refractivity contribution in [3.63, 3.8) is 0 Å². The molecule has 1 amide bonds. The molecule has 1 fully saturated rings. The fourth-order valence-electron chi connectivity index (χ4n) is 2.92. The number of aryl methyl sites for hydroxylation is 1. The van der Waals surface area contributed by atoms with Crippen LogP contribution in [0.2, 0.25) is 0 Å². The van der Waals surface area contributed by atoms with Crippen molar-refractivity contribution in [2.75, 3.05) is 6.54 Å². The SMILES string of the molecule is Cc1ccc2occ(CC(=O)N3CCCC3C(=O)O)c2c1. The second-order valence-corrected chi connectivity index (χ2v) is 5.52. The average Bonchev–Trinajstić information content (AvgIpc) is 3.06. The number of likely N-dealkylation sites (tertiary alicyclic amines) is 1. The first-order valence-corrected chi connectivity index (χ1v) is 7.05. The number of carboxylic acid groups (broad SMARTS) is 1. The number of benzene rings is 1. The lowest BCUT2D eigenvalue weighted by atomic mass is 10.1. The van der Waals surface area contributed by atoms with Gasteiger partial charge in [-0.3, -0.25) is 4.79 Å². The van der Waals surface area contributed by atoms with Gasteiger partial charge in [0.15, 0.2) is 0 Å². The van der Waals surface area contributed by atoms with Crippen LogP contribution in [0.5, 0.6) is 0 Å². The van der Waals surface area contributed by atoms with Gasteiger partial charge in [0.1, 0.15) is 11.6 Å². The molecule has 1 aromatic heterocycles. The van der Waals surface area contributed by atoms with Gasteiger partial charge in [0, 0.05) is 17.5 Å². The summed E-state index contributed by atoms with van der Waals surface area (Å²) in [6.45, 7) is 2.50. The first-order chi connectivity index (χ1) is 10.1. The molecule has 0 spiro atoms. The number of furan rings is 1. The van der Waals surface area contributed by atoms with Gasteiger partial charge in [0.2, 0.25) is 5.91 Å². The van der Waals surface area contributed by atoms with E-state index in [1.807, 2.05) is 25.1 Å². The summed E-state index contributed by atoms with van der Waals surface area (Å²) >= 11 is 0. The summed E-state index contributed by atoms with van der Waals surface area (Å²) in [4.78, 5) is 25.0. The molecule has 1 N–H and O–H groups in total. The Labute approximate surface area is 122 Å². The Balaban J connectivity index is 1.83. The molecule has 0 radical (unpaired) electrons. The van der Waals surface area contributed by atoms with E-state index in [0.29, 0.717) is 13.0 Å². The fourth-order valence-corrected chi connectivity index (χ4v) is 2.92. The minimum atomic E-state index is -0.922. The quantitative estimate of drug-likeness (QED) is 0.940. The highest BCUT2D eigenvalue weighted by atomic mass is 16.4. The molecule has 1 aliphatic heterocycles. The van der Waals surface area contributed by atoms with E-state index in [2.05, 4.69) is 0 Å². The molecule has 3 rings (SSSR count). The van der Waals surface area contributed by atoms with Crippen molar-refractivity contribution in [1.29, 1.82) is 0 Å². The number of carbonyl (C=O) groups excluding carboxylic acids is 1. The fraction of sp³-hybridized carbons (Fsp3) is 0.375. The number of nitrogens with zero attached hydrogens (tertiary/aromatic N) is 1. The molecular weight excluding hydrogens is 270 g/mol. The Morgan fingerprint density at radius 3 is 3.00 bits per heavy atom. The van der Waals surface area contributed by atoms with Gasteiger partial charge in [-0.15, -0.1) is 0 Å². The van der Waals surface area contributed by atoms with E-state index < -0.39 is 12.0 Å². The van der Waals surface area contributed by atoms with E-state index in [-0.39, 0.29) is 12.3 Å². The van der Waals surface area contributed by atoms with Crippen LogP contribution >= 0.6 is 0 Å². The molecule has 21 heavy (non-hydrogen) atoms. The van der Waals surface area contributed by atoms with Crippen molar-refractivity contribution in [3.05, 3.63) is 35.6 Å². The normalized spacial score (nSPS) is 18.3. The maximum absolute atomic E-state index is 12.4. The van der Waals surface area contributed by atoms with Gasteiger partial charge in [-0.25, -0.2) is 4.79 Å². The van der Waals surface area contributed by atoms with Crippen molar-refractivity contribution >= 4 is 22.8 Å². The minimum absolute atomic E-state index is 0.149. The molecule has 1 aliphatic rings. The van der Waals surface area contributed by atoms with Gasteiger partial charge in [-0.2, -0.15) is 0 Å². The summed E-state index contributed by atoms with van der Waals surface area (Å²) < 4.78 is 5.45. The van der Waals surface area contributed by atoms with Crippen molar-refractivity contribution in [2.45, 2.75) is 32.2 Å². The standard InChI is InChI=1S/C16H17NO4/c1-10-4-5-14-12(7-10)11(9-21-14)8-15(18)17-6-2-3-13(17)16(19)20/h4-5,7,9,13H,2-3,6,8H2,1H3,(H,19,20). The van der Waals surface area contributed by atoms with Gasteiger partial charge < -0.3 is 14.4 Å². The third-order valence-electron chi connectivity index (χ3n) is 4.01. The van der Waals surface area contributed by atoms with E-state index in [1.165, 1.54) is 4.90 Å². The number of rotatable bonds is 3. The van der Waals surface area contributed by atoms with Gasteiger partial charge in [-0.05, 0) is 31.9 Å². The summed E-state index contributed by atoms with van der Waals surface area (Å²) in [5, 5.41) is 10.1. The summed E-state index contributed by atoms with van der Waals surface area (Å²) in [6, 6.07) is 5.14. The lowest BCUT2D eigenvalue weighted by molar-refractivity contribution is -0.147. The Kier molecular flexibility index (Phi) is 3.41. The Morgan fingerprint density at radius 2 is 2.24 bits per heavy atom. The molecule has 1 unspecified atom stereocenters. The highest BCUT2D eigenvalue weighted by molar-refractivity contribution is 5.90. The predicted octanol–water partition coefficient (Wildman–Crippen LogP) is 2.36.